The first-order valence-corrected chi connectivity index (χ1v) is 10.9. The topological polar surface area (TPSA) is 40.6 Å². The number of aromatic nitrogens is 1. The lowest BCUT2D eigenvalue weighted by Crippen LogP contribution is -1.99. The van der Waals surface area contributed by atoms with E-state index in [1.807, 2.05) is 24.5 Å². The van der Waals surface area contributed by atoms with Gasteiger partial charge in [-0.25, -0.2) is 0 Å². The molecule has 32 heavy (non-hydrogen) atoms. The molecule has 0 N–H and O–H groups in total. The Kier molecular flexibility index (Phi) is 6.90. The predicted molar refractivity (Wildman–Crippen MR) is 129 cm³/mol. The zero-order chi connectivity index (χ0) is 22.3. The highest BCUT2D eigenvalue weighted by atomic mass is 16.5. The van der Waals surface area contributed by atoms with Crippen molar-refractivity contribution in [2.45, 2.75) is 25.7 Å². The van der Waals surface area contributed by atoms with Crippen LogP contribution in [-0.2, 0) is 25.7 Å². The first kappa shape index (κ1) is 21.7. The Bertz CT molecular complexity index is 1180. The van der Waals surface area contributed by atoms with Gasteiger partial charge >= 0.3 is 0 Å². The second-order valence-electron chi connectivity index (χ2n) is 7.92. The Morgan fingerprint density at radius 3 is 1.78 bits per heavy atom. The molecule has 4 nitrogen and oxygen atoms in total. The van der Waals surface area contributed by atoms with Crippen molar-refractivity contribution < 1.29 is 14.2 Å². The Morgan fingerprint density at radius 2 is 1.16 bits per heavy atom. The van der Waals surface area contributed by atoms with Gasteiger partial charge in [-0.3, -0.25) is 4.98 Å². The van der Waals surface area contributed by atoms with E-state index in [0.717, 1.165) is 31.2 Å². The van der Waals surface area contributed by atoms with Gasteiger partial charge in [0, 0.05) is 12.4 Å². The summed E-state index contributed by atoms with van der Waals surface area (Å²) < 4.78 is 16.4. The number of pyridine rings is 1. The van der Waals surface area contributed by atoms with Crippen molar-refractivity contribution in [1.82, 2.24) is 4.98 Å². The average molecular weight is 428 g/mol. The molecule has 0 atom stereocenters. The lowest BCUT2D eigenvalue weighted by molar-refractivity contribution is 0.324. The number of fused-ring (bicyclic) bond motifs is 1. The van der Waals surface area contributed by atoms with E-state index in [1.54, 1.807) is 21.3 Å². The molecule has 0 aliphatic carbocycles. The molecule has 4 heteroatoms. The number of rotatable bonds is 9. The highest BCUT2D eigenvalue weighted by molar-refractivity contribution is 5.83. The molecule has 0 amide bonds. The van der Waals surface area contributed by atoms with Gasteiger partial charge in [0.05, 0.1) is 21.3 Å². The molecule has 0 radical (unpaired) electrons. The van der Waals surface area contributed by atoms with Crippen molar-refractivity contribution >= 4 is 10.8 Å². The van der Waals surface area contributed by atoms with E-state index in [2.05, 4.69) is 53.5 Å². The van der Waals surface area contributed by atoms with Gasteiger partial charge in [-0.1, -0.05) is 48.5 Å². The summed E-state index contributed by atoms with van der Waals surface area (Å²) in [6, 6.07) is 21.5. The van der Waals surface area contributed by atoms with Crippen molar-refractivity contribution in [2.75, 3.05) is 21.3 Å². The maximum atomic E-state index is 5.47. The van der Waals surface area contributed by atoms with E-state index in [1.165, 1.54) is 27.5 Å². The summed E-state index contributed by atoms with van der Waals surface area (Å²) in [4.78, 5) is 4.48. The molecule has 0 aliphatic heterocycles. The minimum atomic E-state index is 0.621. The van der Waals surface area contributed by atoms with Crippen LogP contribution >= 0.6 is 0 Å². The number of methoxy groups -OCH3 is 3. The predicted octanol–water partition coefficient (Wildman–Crippen LogP) is 5.83. The molecule has 0 aliphatic rings. The zero-order valence-corrected chi connectivity index (χ0v) is 18.9. The summed E-state index contributed by atoms with van der Waals surface area (Å²) in [5.74, 6) is 1.99. The third-order valence-corrected chi connectivity index (χ3v) is 5.79. The first-order valence-electron chi connectivity index (χ1n) is 10.9. The summed E-state index contributed by atoms with van der Waals surface area (Å²) in [5, 5.41) is 2.58. The lowest BCUT2D eigenvalue weighted by atomic mass is 10.00. The van der Waals surface area contributed by atoms with Crippen LogP contribution in [0.2, 0.25) is 0 Å². The van der Waals surface area contributed by atoms with Crippen LogP contribution in [0.1, 0.15) is 22.3 Å². The van der Waals surface area contributed by atoms with E-state index >= 15 is 0 Å². The monoisotopic (exact) mass is 427 g/mol. The molecular weight excluding hydrogens is 398 g/mol. The van der Waals surface area contributed by atoms with Crippen LogP contribution < -0.4 is 14.2 Å². The van der Waals surface area contributed by atoms with Gasteiger partial charge in [-0.15, -0.1) is 0 Å². The molecule has 0 spiro atoms. The fourth-order valence-corrected chi connectivity index (χ4v) is 4.07. The van der Waals surface area contributed by atoms with Crippen LogP contribution in [0.3, 0.4) is 0 Å². The number of nitrogens with zero attached hydrogens (tertiary/aromatic N) is 1. The van der Waals surface area contributed by atoms with Crippen molar-refractivity contribution in [1.29, 1.82) is 0 Å². The van der Waals surface area contributed by atoms with Crippen molar-refractivity contribution in [3.05, 3.63) is 95.3 Å². The summed E-state index contributed by atoms with van der Waals surface area (Å²) in [5.41, 5.74) is 4.99. The van der Waals surface area contributed by atoms with Crippen molar-refractivity contribution in [3.63, 3.8) is 0 Å². The number of hydrogen-bond acceptors (Lipinski definition) is 4. The van der Waals surface area contributed by atoms with Crippen LogP contribution in [0, 0.1) is 0 Å². The van der Waals surface area contributed by atoms with E-state index in [0.29, 0.717) is 17.2 Å². The molecule has 4 aromatic rings. The summed E-state index contributed by atoms with van der Waals surface area (Å²) >= 11 is 0. The third-order valence-electron chi connectivity index (χ3n) is 5.79. The van der Waals surface area contributed by atoms with Crippen molar-refractivity contribution in [2.24, 2.45) is 0 Å². The molecule has 0 saturated carbocycles. The van der Waals surface area contributed by atoms with Crippen molar-refractivity contribution in [3.8, 4) is 17.2 Å². The highest BCUT2D eigenvalue weighted by Crippen LogP contribution is 2.38. The summed E-state index contributed by atoms with van der Waals surface area (Å²) in [6.45, 7) is 0. The number of benzene rings is 3. The molecule has 0 fully saturated rings. The van der Waals surface area contributed by atoms with E-state index in [4.69, 9.17) is 14.2 Å². The number of hydrogen-bond donors (Lipinski definition) is 0. The minimum absolute atomic E-state index is 0.621. The van der Waals surface area contributed by atoms with E-state index < -0.39 is 0 Å². The molecule has 4 rings (SSSR count). The highest BCUT2D eigenvalue weighted by Gasteiger charge is 2.13. The molecule has 1 aromatic heterocycles. The Hall–Kier alpha value is -3.53. The van der Waals surface area contributed by atoms with E-state index in [9.17, 15) is 0 Å². The Morgan fingerprint density at radius 1 is 0.562 bits per heavy atom. The summed E-state index contributed by atoms with van der Waals surface area (Å²) in [6.07, 6.45) is 7.68. The summed E-state index contributed by atoms with van der Waals surface area (Å²) in [7, 11) is 4.91. The van der Waals surface area contributed by atoms with Crippen LogP contribution in [0.5, 0.6) is 17.2 Å². The van der Waals surface area contributed by atoms with Gasteiger partial charge in [0.1, 0.15) is 0 Å². The number of aryl methyl sites for hydroxylation is 4. The van der Waals surface area contributed by atoms with Gasteiger partial charge < -0.3 is 14.2 Å². The number of ether oxygens (including phenoxy) is 3. The minimum Gasteiger partial charge on any atom is -0.493 e. The van der Waals surface area contributed by atoms with Gasteiger partial charge in [0.15, 0.2) is 11.5 Å². The maximum absolute atomic E-state index is 5.47. The van der Waals surface area contributed by atoms with Crippen LogP contribution in [0.25, 0.3) is 10.8 Å². The fraction of sp³-hybridized carbons (Fsp3) is 0.250. The third kappa shape index (κ3) is 5.02. The smallest absolute Gasteiger partial charge is 0.203 e. The standard InChI is InChI=1S/C28H29NO3/c1-30-26-16-21(17-27(31-2)28(26)32-3)9-11-23-14-22(18-29-19-23)10-8-20-12-13-24-6-4-5-7-25(24)15-20/h4-7,12-19H,8-11H2,1-3H3. The van der Waals surface area contributed by atoms with Crippen LogP contribution in [0.4, 0.5) is 0 Å². The van der Waals surface area contributed by atoms with Gasteiger partial charge in [-0.05, 0) is 70.8 Å². The largest absolute Gasteiger partial charge is 0.493 e. The zero-order valence-electron chi connectivity index (χ0n) is 18.9. The average Bonchev–Trinajstić information content (AvgIpc) is 2.85. The molecule has 1 heterocycles. The molecule has 0 bridgehead atoms. The molecule has 0 unspecified atom stereocenters. The van der Waals surface area contributed by atoms with E-state index in [-0.39, 0.29) is 0 Å². The van der Waals surface area contributed by atoms with Gasteiger partial charge in [0.2, 0.25) is 5.75 Å². The normalized spacial score (nSPS) is 10.8. The SMILES string of the molecule is COc1cc(CCc2cncc(CCc3ccc4ccccc4c3)c2)cc(OC)c1OC. The molecule has 164 valence electrons. The molecular formula is C28H29NO3. The second-order valence-corrected chi connectivity index (χ2v) is 7.92. The fourth-order valence-electron chi connectivity index (χ4n) is 4.07. The van der Waals surface area contributed by atoms with Crippen LogP contribution in [-0.4, -0.2) is 26.3 Å². The molecule has 3 aromatic carbocycles. The second kappa shape index (κ2) is 10.2. The molecule has 0 saturated heterocycles. The van der Waals surface area contributed by atoms with Gasteiger partial charge in [0.25, 0.3) is 0 Å². The first-order chi connectivity index (χ1) is 15.7. The Labute approximate surface area is 189 Å². The van der Waals surface area contributed by atoms with Gasteiger partial charge in [-0.2, -0.15) is 0 Å². The quantitative estimate of drug-likeness (QED) is 0.337. The van der Waals surface area contributed by atoms with Crippen LogP contribution in [0.15, 0.2) is 73.1 Å². The maximum Gasteiger partial charge on any atom is 0.203 e. The Balaban J connectivity index is 1.42. The lowest BCUT2D eigenvalue weighted by Gasteiger charge is -2.14.